The molecule has 0 saturated heterocycles. The lowest BCUT2D eigenvalue weighted by atomic mass is 9.94. The summed E-state index contributed by atoms with van der Waals surface area (Å²) < 4.78 is 15.0. The first-order chi connectivity index (χ1) is 10.8. The van der Waals surface area contributed by atoms with Crippen molar-refractivity contribution < 1.29 is 28.7 Å². The van der Waals surface area contributed by atoms with Crippen LogP contribution in [0.15, 0.2) is 12.1 Å². The highest BCUT2D eigenvalue weighted by Gasteiger charge is 2.29. The van der Waals surface area contributed by atoms with Crippen molar-refractivity contribution in [3.05, 3.63) is 27.8 Å². The Morgan fingerprint density at radius 2 is 1.78 bits per heavy atom. The van der Waals surface area contributed by atoms with Crippen LogP contribution in [0.4, 0.5) is 5.69 Å². The molecule has 1 atom stereocenters. The number of hydrogen-bond donors (Lipinski definition) is 0. The van der Waals surface area contributed by atoms with Crippen LogP contribution in [0.25, 0.3) is 0 Å². The van der Waals surface area contributed by atoms with E-state index in [2.05, 4.69) is 0 Å². The number of nitrogens with zero attached hydrogens (tertiary/aromatic N) is 1. The molecule has 8 heteroatoms. The van der Waals surface area contributed by atoms with Crippen molar-refractivity contribution in [2.45, 2.75) is 20.3 Å². The zero-order chi connectivity index (χ0) is 17.6. The minimum Gasteiger partial charge on any atom is -0.493 e. The molecule has 0 heterocycles. The Morgan fingerprint density at radius 1 is 1.22 bits per heavy atom. The van der Waals surface area contributed by atoms with Crippen LogP contribution in [0.3, 0.4) is 0 Å². The minimum absolute atomic E-state index is 0.122. The number of benzene rings is 1. The lowest BCUT2D eigenvalue weighted by Crippen LogP contribution is -2.26. The molecule has 23 heavy (non-hydrogen) atoms. The SMILES string of the molecule is CCOC(=O)C(Cc1cc(OC)c(OC)cc1[N+](=O)[O-])C(C)=O. The van der Waals surface area contributed by atoms with Gasteiger partial charge in [0.25, 0.3) is 5.69 Å². The number of esters is 1. The molecule has 1 aromatic rings. The van der Waals surface area contributed by atoms with Gasteiger partial charge in [0.2, 0.25) is 0 Å². The van der Waals surface area contributed by atoms with E-state index < -0.39 is 22.6 Å². The average molecular weight is 325 g/mol. The number of nitro benzene ring substituents is 1. The normalized spacial score (nSPS) is 11.5. The Bertz CT molecular complexity index is 612. The Balaban J connectivity index is 3.30. The molecule has 0 spiro atoms. The van der Waals surface area contributed by atoms with Crippen LogP contribution in [0.5, 0.6) is 11.5 Å². The second-order valence-electron chi connectivity index (χ2n) is 4.71. The molecule has 0 aliphatic rings. The molecule has 8 nitrogen and oxygen atoms in total. The number of Topliss-reactive ketones (excluding diaryl/α,β-unsaturated/α-hetero) is 1. The van der Waals surface area contributed by atoms with Crippen molar-refractivity contribution in [2.24, 2.45) is 5.92 Å². The van der Waals surface area contributed by atoms with Gasteiger partial charge in [0.05, 0.1) is 31.8 Å². The maximum atomic E-state index is 11.9. The number of rotatable bonds is 8. The standard InChI is InChI=1S/C15H19NO7/c1-5-23-15(18)11(9(2)17)6-10-7-13(21-3)14(22-4)8-12(10)16(19)20/h7-8,11H,5-6H2,1-4H3. The number of carbonyl (C=O) groups excluding carboxylic acids is 2. The summed E-state index contributed by atoms with van der Waals surface area (Å²) >= 11 is 0. The molecule has 1 aromatic carbocycles. The van der Waals surface area contributed by atoms with Gasteiger partial charge in [-0.25, -0.2) is 0 Å². The Hall–Kier alpha value is -2.64. The van der Waals surface area contributed by atoms with Gasteiger partial charge in [0, 0.05) is 5.56 Å². The largest absolute Gasteiger partial charge is 0.493 e. The van der Waals surface area contributed by atoms with Gasteiger partial charge in [0.1, 0.15) is 11.7 Å². The maximum Gasteiger partial charge on any atom is 0.316 e. The zero-order valence-electron chi connectivity index (χ0n) is 13.5. The predicted molar refractivity (Wildman–Crippen MR) is 80.7 cm³/mol. The van der Waals surface area contributed by atoms with E-state index in [4.69, 9.17) is 14.2 Å². The van der Waals surface area contributed by atoms with E-state index >= 15 is 0 Å². The summed E-state index contributed by atoms with van der Waals surface area (Å²) in [5, 5.41) is 11.2. The van der Waals surface area contributed by atoms with E-state index in [1.54, 1.807) is 6.92 Å². The molecule has 0 fully saturated rings. The number of ether oxygens (including phenoxy) is 3. The molecule has 0 saturated carbocycles. The van der Waals surface area contributed by atoms with Crippen LogP contribution in [-0.2, 0) is 20.7 Å². The average Bonchev–Trinajstić information content (AvgIpc) is 2.51. The van der Waals surface area contributed by atoms with Gasteiger partial charge < -0.3 is 14.2 Å². The fourth-order valence-corrected chi connectivity index (χ4v) is 2.10. The Kier molecular flexibility index (Phi) is 6.49. The van der Waals surface area contributed by atoms with E-state index in [0.29, 0.717) is 0 Å². The third kappa shape index (κ3) is 4.41. The molecule has 126 valence electrons. The first-order valence-corrected chi connectivity index (χ1v) is 6.92. The van der Waals surface area contributed by atoms with Crippen LogP contribution < -0.4 is 9.47 Å². The van der Waals surface area contributed by atoms with Crippen molar-refractivity contribution in [2.75, 3.05) is 20.8 Å². The molecule has 0 N–H and O–H groups in total. The highest BCUT2D eigenvalue weighted by Crippen LogP contribution is 2.35. The minimum atomic E-state index is -1.10. The Morgan fingerprint density at radius 3 is 2.22 bits per heavy atom. The molecular weight excluding hydrogens is 306 g/mol. The molecular formula is C15H19NO7. The van der Waals surface area contributed by atoms with Gasteiger partial charge in [-0.1, -0.05) is 0 Å². The van der Waals surface area contributed by atoms with Crippen molar-refractivity contribution in [3.8, 4) is 11.5 Å². The predicted octanol–water partition coefficient (Wildman–Crippen LogP) is 1.92. The van der Waals surface area contributed by atoms with Crippen molar-refractivity contribution in [1.82, 2.24) is 0 Å². The quantitative estimate of drug-likeness (QED) is 0.311. The van der Waals surface area contributed by atoms with Crippen LogP contribution in [0.2, 0.25) is 0 Å². The van der Waals surface area contributed by atoms with Gasteiger partial charge >= 0.3 is 5.97 Å². The highest BCUT2D eigenvalue weighted by atomic mass is 16.6. The smallest absolute Gasteiger partial charge is 0.316 e. The maximum absolute atomic E-state index is 11.9. The van der Waals surface area contributed by atoms with Crippen molar-refractivity contribution >= 4 is 17.4 Å². The van der Waals surface area contributed by atoms with Gasteiger partial charge in [-0.3, -0.25) is 19.7 Å². The number of carbonyl (C=O) groups is 2. The molecule has 0 radical (unpaired) electrons. The summed E-state index contributed by atoms with van der Waals surface area (Å²) in [5.41, 5.74) is -0.0564. The van der Waals surface area contributed by atoms with E-state index in [9.17, 15) is 19.7 Å². The molecule has 0 aliphatic heterocycles. The molecule has 1 unspecified atom stereocenters. The number of ketones is 1. The van der Waals surface area contributed by atoms with E-state index in [-0.39, 0.29) is 35.8 Å². The van der Waals surface area contributed by atoms with Crippen LogP contribution in [-0.4, -0.2) is 37.5 Å². The summed E-state index contributed by atoms with van der Waals surface area (Å²) in [6.45, 7) is 2.98. The first kappa shape index (κ1) is 18.4. The monoisotopic (exact) mass is 325 g/mol. The molecule has 0 amide bonds. The van der Waals surface area contributed by atoms with Gasteiger partial charge in [-0.05, 0) is 26.3 Å². The second-order valence-corrected chi connectivity index (χ2v) is 4.71. The first-order valence-electron chi connectivity index (χ1n) is 6.92. The number of hydrogen-bond acceptors (Lipinski definition) is 7. The van der Waals surface area contributed by atoms with Gasteiger partial charge in [0.15, 0.2) is 11.5 Å². The zero-order valence-corrected chi connectivity index (χ0v) is 13.5. The van der Waals surface area contributed by atoms with E-state index in [0.717, 1.165) is 0 Å². The third-order valence-corrected chi connectivity index (χ3v) is 3.27. The van der Waals surface area contributed by atoms with Crippen LogP contribution in [0.1, 0.15) is 19.4 Å². The fourth-order valence-electron chi connectivity index (χ4n) is 2.10. The number of nitro groups is 1. The molecule has 1 rings (SSSR count). The van der Waals surface area contributed by atoms with Crippen LogP contribution in [0, 0.1) is 16.0 Å². The van der Waals surface area contributed by atoms with Crippen molar-refractivity contribution in [3.63, 3.8) is 0 Å². The van der Waals surface area contributed by atoms with Crippen LogP contribution >= 0.6 is 0 Å². The summed E-state index contributed by atoms with van der Waals surface area (Å²) in [5.74, 6) is -1.76. The summed E-state index contributed by atoms with van der Waals surface area (Å²) in [6, 6.07) is 2.60. The Labute approximate surface area is 133 Å². The fraction of sp³-hybridized carbons (Fsp3) is 0.467. The van der Waals surface area contributed by atoms with Gasteiger partial charge in [-0.15, -0.1) is 0 Å². The molecule has 0 aliphatic carbocycles. The molecule has 0 aromatic heterocycles. The van der Waals surface area contributed by atoms with Gasteiger partial charge in [-0.2, -0.15) is 0 Å². The topological polar surface area (TPSA) is 105 Å². The van der Waals surface area contributed by atoms with E-state index in [1.165, 1.54) is 33.3 Å². The summed E-state index contributed by atoms with van der Waals surface area (Å²) in [7, 11) is 2.75. The van der Waals surface area contributed by atoms with E-state index in [1.807, 2.05) is 0 Å². The third-order valence-electron chi connectivity index (χ3n) is 3.27. The summed E-state index contributed by atoms with van der Waals surface area (Å²) in [6.07, 6.45) is -0.148. The van der Waals surface area contributed by atoms with Crippen molar-refractivity contribution in [1.29, 1.82) is 0 Å². The molecule has 0 bridgehead atoms. The summed E-state index contributed by atoms with van der Waals surface area (Å²) in [4.78, 5) is 34.2. The second kappa shape index (κ2) is 8.11. The highest BCUT2D eigenvalue weighted by molar-refractivity contribution is 5.98. The lowest BCUT2D eigenvalue weighted by molar-refractivity contribution is -0.385. The lowest BCUT2D eigenvalue weighted by Gasteiger charge is -2.14. The number of methoxy groups -OCH3 is 2.